The van der Waals surface area contributed by atoms with Gasteiger partial charge in [-0.2, -0.15) is 0 Å². The number of H-pyrrole nitrogens is 1. The Morgan fingerprint density at radius 1 is 1.27 bits per heavy atom. The first-order valence-corrected chi connectivity index (χ1v) is 9.96. The van der Waals surface area contributed by atoms with Gasteiger partial charge in [0.25, 0.3) is 5.56 Å². The molecular weight excluding hydrogens is 370 g/mol. The summed E-state index contributed by atoms with van der Waals surface area (Å²) in [5, 5.41) is 1.39. The molecular formula is C19H18ClN3O2S. The van der Waals surface area contributed by atoms with E-state index in [1.54, 1.807) is 0 Å². The highest BCUT2D eigenvalue weighted by atomic mass is 35.5. The summed E-state index contributed by atoms with van der Waals surface area (Å²) in [6.07, 6.45) is 2.69. The quantitative estimate of drug-likeness (QED) is 0.542. The number of nitrogens with zero attached hydrogens (tertiary/aromatic N) is 2. The number of hydrogen-bond donors (Lipinski definition) is 1. The number of benzene rings is 1. The van der Waals surface area contributed by atoms with Crippen LogP contribution in [-0.4, -0.2) is 27.7 Å². The van der Waals surface area contributed by atoms with Crippen molar-refractivity contribution in [1.29, 1.82) is 0 Å². The maximum absolute atomic E-state index is 12.3. The Morgan fingerprint density at radius 3 is 2.85 bits per heavy atom. The Labute approximate surface area is 160 Å². The zero-order valence-corrected chi connectivity index (χ0v) is 15.9. The molecule has 1 N–H and O–H groups in total. The molecule has 0 spiro atoms. The lowest BCUT2D eigenvalue weighted by Crippen LogP contribution is -2.35. The topological polar surface area (TPSA) is 62.1 Å². The maximum atomic E-state index is 12.3. The Bertz CT molecular complexity index is 981. The van der Waals surface area contributed by atoms with Gasteiger partial charge in [-0.1, -0.05) is 23.4 Å². The summed E-state index contributed by atoms with van der Waals surface area (Å²) in [5.41, 5.74) is 2.63. The summed E-state index contributed by atoms with van der Waals surface area (Å²) in [5.74, 6) is 1.70. The Balaban J connectivity index is 1.49. The van der Waals surface area contributed by atoms with Crippen LogP contribution in [0.25, 0.3) is 11.3 Å². The van der Waals surface area contributed by atoms with Crippen LogP contribution in [0.2, 0.25) is 5.02 Å². The SMILES string of the molecule is CSc1nc2c(c(=O)[nH]1)CN(Cc1ccc(-c3ccc(Cl)cc3)o1)CC2. The van der Waals surface area contributed by atoms with E-state index in [1.165, 1.54) is 11.8 Å². The summed E-state index contributed by atoms with van der Waals surface area (Å²) in [7, 11) is 0. The van der Waals surface area contributed by atoms with E-state index < -0.39 is 0 Å². The van der Waals surface area contributed by atoms with Gasteiger partial charge in [0.05, 0.1) is 17.8 Å². The minimum Gasteiger partial charge on any atom is -0.460 e. The molecule has 0 bridgehead atoms. The molecule has 7 heteroatoms. The molecule has 3 heterocycles. The highest BCUT2D eigenvalue weighted by molar-refractivity contribution is 7.98. The minimum atomic E-state index is -0.0367. The van der Waals surface area contributed by atoms with E-state index in [0.717, 1.165) is 41.3 Å². The molecule has 0 aliphatic carbocycles. The Morgan fingerprint density at radius 2 is 2.08 bits per heavy atom. The fourth-order valence-electron chi connectivity index (χ4n) is 3.14. The van der Waals surface area contributed by atoms with Gasteiger partial charge >= 0.3 is 0 Å². The molecule has 3 aromatic rings. The monoisotopic (exact) mass is 387 g/mol. The molecule has 0 amide bonds. The summed E-state index contributed by atoms with van der Waals surface area (Å²) in [4.78, 5) is 21.9. The van der Waals surface area contributed by atoms with Gasteiger partial charge in [-0.25, -0.2) is 4.98 Å². The van der Waals surface area contributed by atoms with E-state index in [1.807, 2.05) is 42.7 Å². The summed E-state index contributed by atoms with van der Waals surface area (Å²) < 4.78 is 5.98. The van der Waals surface area contributed by atoms with Gasteiger partial charge in [0.2, 0.25) is 0 Å². The molecule has 0 atom stereocenters. The van der Waals surface area contributed by atoms with Gasteiger partial charge in [-0.3, -0.25) is 9.69 Å². The van der Waals surface area contributed by atoms with Crippen LogP contribution in [0.15, 0.2) is 50.8 Å². The molecule has 0 unspecified atom stereocenters. The Hall–Kier alpha value is -2.02. The number of aromatic amines is 1. The van der Waals surface area contributed by atoms with Crippen LogP contribution in [0, 0.1) is 0 Å². The largest absolute Gasteiger partial charge is 0.460 e. The number of furan rings is 1. The van der Waals surface area contributed by atoms with Crippen molar-refractivity contribution < 1.29 is 4.42 Å². The predicted octanol–water partition coefficient (Wildman–Crippen LogP) is 3.96. The molecule has 0 saturated heterocycles. The van der Waals surface area contributed by atoms with Gasteiger partial charge in [-0.05, 0) is 42.7 Å². The molecule has 2 aromatic heterocycles. The lowest BCUT2D eigenvalue weighted by molar-refractivity contribution is 0.222. The van der Waals surface area contributed by atoms with E-state index in [9.17, 15) is 4.79 Å². The lowest BCUT2D eigenvalue weighted by Gasteiger charge is -2.26. The summed E-state index contributed by atoms with van der Waals surface area (Å²) in [6.45, 7) is 2.11. The van der Waals surface area contributed by atoms with Crippen LogP contribution in [0.4, 0.5) is 0 Å². The van der Waals surface area contributed by atoms with Crippen molar-refractivity contribution >= 4 is 23.4 Å². The van der Waals surface area contributed by atoms with Gasteiger partial charge in [0, 0.05) is 30.1 Å². The first-order chi connectivity index (χ1) is 12.6. The van der Waals surface area contributed by atoms with Gasteiger partial charge in [-0.15, -0.1) is 0 Å². The lowest BCUT2D eigenvalue weighted by atomic mass is 10.1. The molecule has 1 aliphatic rings. The molecule has 0 saturated carbocycles. The van der Waals surface area contributed by atoms with Crippen LogP contribution in [0.3, 0.4) is 0 Å². The van der Waals surface area contributed by atoms with Crippen molar-refractivity contribution in [2.75, 3.05) is 12.8 Å². The van der Waals surface area contributed by atoms with E-state index in [2.05, 4.69) is 14.9 Å². The van der Waals surface area contributed by atoms with Crippen molar-refractivity contribution in [2.45, 2.75) is 24.7 Å². The van der Waals surface area contributed by atoms with E-state index in [0.29, 0.717) is 23.3 Å². The highest BCUT2D eigenvalue weighted by Crippen LogP contribution is 2.25. The van der Waals surface area contributed by atoms with Gasteiger partial charge in [0.15, 0.2) is 5.16 Å². The molecule has 4 rings (SSSR count). The maximum Gasteiger partial charge on any atom is 0.256 e. The highest BCUT2D eigenvalue weighted by Gasteiger charge is 2.22. The number of nitrogens with one attached hydrogen (secondary N) is 1. The third kappa shape index (κ3) is 3.58. The van der Waals surface area contributed by atoms with Crippen LogP contribution in [0.1, 0.15) is 17.0 Å². The number of fused-ring (bicyclic) bond motifs is 1. The van der Waals surface area contributed by atoms with Gasteiger partial charge < -0.3 is 9.40 Å². The number of halogens is 1. The third-order valence-corrected chi connectivity index (χ3v) is 5.32. The average Bonchev–Trinajstić information content (AvgIpc) is 3.11. The summed E-state index contributed by atoms with van der Waals surface area (Å²) >= 11 is 7.39. The number of hydrogen-bond acceptors (Lipinski definition) is 5. The first kappa shape index (κ1) is 17.4. The van der Waals surface area contributed by atoms with Crippen LogP contribution >= 0.6 is 23.4 Å². The zero-order valence-electron chi connectivity index (χ0n) is 14.3. The molecule has 1 aliphatic heterocycles. The van der Waals surface area contributed by atoms with Crippen LogP contribution < -0.4 is 5.56 Å². The molecule has 26 heavy (non-hydrogen) atoms. The Kier molecular flexibility index (Phi) is 4.89. The van der Waals surface area contributed by atoms with E-state index in [-0.39, 0.29) is 5.56 Å². The van der Waals surface area contributed by atoms with Crippen LogP contribution in [0.5, 0.6) is 0 Å². The molecule has 134 valence electrons. The van der Waals surface area contributed by atoms with Gasteiger partial charge in [0.1, 0.15) is 11.5 Å². The second-order valence-electron chi connectivity index (χ2n) is 6.23. The first-order valence-electron chi connectivity index (χ1n) is 8.35. The normalized spacial score (nSPS) is 14.4. The van der Waals surface area contributed by atoms with Crippen LogP contribution in [-0.2, 0) is 19.5 Å². The second-order valence-corrected chi connectivity index (χ2v) is 7.47. The van der Waals surface area contributed by atoms with E-state index >= 15 is 0 Å². The predicted molar refractivity (Wildman–Crippen MR) is 104 cm³/mol. The number of rotatable bonds is 4. The minimum absolute atomic E-state index is 0.0367. The molecule has 0 fully saturated rings. The zero-order chi connectivity index (χ0) is 18.1. The van der Waals surface area contributed by atoms with Crippen molar-refractivity contribution in [2.24, 2.45) is 0 Å². The standard InChI is InChI=1S/C19H18ClN3O2S/c1-26-19-21-16-8-9-23(11-15(16)18(24)22-19)10-14-6-7-17(25-14)12-2-4-13(20)5-3-12/h2-7H,8-11H2,1H3,(H,21,22,24). The van der Waals surface area contributed by atoms with E-state index in [4.69, 9.17) is 16.0 Å². The molecule has 1 aromatic carbocycles. The second kappa shape index (κ2) is 7.31. The van der Waals surface area contributed by atoms with Crippen molar-refractivity contribution in [3.05, 3.63) is 68.8 Å². The fourth-order valence-corrected chi connectivity index (χ4v) is 3.66. The smallest absolute Gasteiger partial charge is 0.256 e. The fraction of sp³-hybridized carbons (Fsp3) is 0.263. The average molecular weight is 388 g/mol. The number of aromatic nitrogens is 2. The van der Waals surface area contributed by atoms with Crippen molar-refractivity contribution in [3.63, 3.8) is 0 Å². The molecule has 5 nitrogen and oxygen atoms in total. The third-order valence-electron chi connectivity index (χ3n) is 4.49. The molecule has 0 radical (unpaired) electrons. The van der Waals surface area contributed by atoms with Crippen molar-refractivity contribution in [1.82, 2.24) is 14.9 Å². The summed E-state index contributed by atoms with van der Waals surface area (Å²) in [6, 6.07) is 11.5. The van der Waals surface area contributed by atoms with Crippen molar-refractivity contribution in [3.8, 4) is 11.3 Å². The number of thioether (sulfide) groups is 1.